The maximum Gasteiger partial charge on any atom is 0.211 e. The molecule has 0 saturated heterocycles. The predicted octanol–water partition coefficient (Wildman–Crippen LogP) is 5.99. The lowest BCUT2D eigenvalue weighted by atomic mass is 10.1. The highest BCUT2D eigenvalue weighted by Crippen LogP contribution is 2.37. The Morgan fingerprint density at radius 2 is 1.08 bits per heavy atom. The summed E-state index contributed by atoms with van der Waals surface area (Å²) < 4.78 is 0. The van der Waals surface area contributed by atoms with Gasteiger partial charge in [0, 0.05) is 9.79 Å². The molecule has 2 aromatic carbocycles. The van der Waals surface area contributed by atoms with Crippen LogP contribution in [0.15, 0.2) is 70.5 Å². The molecule has 0 fully saturated rings. The molecule has 0 radical (unpaired) electrons. The van der Waals surface area contributed by atoms with Gasteiger partial charge in [-0.15, -0.1) is 23.5 Å². The lowest BCUT2D eigenvalue weighted by Gasteiger charge is -2.38. The normalized spacial score (nSPS) is 13.7. The fraction of sp³-hybridized carbons (Fsp3) is 0.381. The van der Waals surface area contributed by atoms with Gasteiger partial charge in [-0.1, -0.05) is 64.1 Å². The van der Waals surface area contributed by atoms with Crippen LogP contribution < -0.4 is 0 Å². The Morgan fingerprint density at radius 1 is 0.720 bits per heavy atom. The van der Waals surface area contributed by atoms with Crippen molar-refractivity contribution in [2.24, 2.45) is 11.8 Å². The molecule has 0 heterocycles. The largest absolute Gasteiger partial charge is 0.320 e. The number of rotatable bonds is 9. The zero-order valence-corrected chi connectivity index (χ0v) is 17.0. The third kappa shape index (κ3) is 5.82. The first-order valence-electron chi connectivity index (χ1n) is 8.69. The van der Waals surface area contributed by atoms with Gasteiger partial charge in [-0.2, -0.15) is 0 Å². The van der Waals surface area contributed by atoms with Gasteiger partial charge in [0.2, 0.25) is 6.41 Å². The van der Waals surface area contributed by atoms with Gasteiger partial charge in [-0.25, -0.2) is 0 Å². The Balaban J connectivity index is 2.25. The lowest BCUT2D eigenvalue weighted by molar-refractivity contribution is -0.120. The van der Waals surface area contributed by atoms with E-state index >= 15 is 0 Å². The topological polar surface area (TPSA) is 20.3 Å². The third-order valence-electron chi connectivity index (χ3n) is 3.85. The Hall–Kier alpha value is -1.39. The quantitative estimate of drug-likeness (QED) is 0.306. The zero-order valence-electron chi connectivity index (χ0n) is 15.3. The van der Waals surface area contributed by atoms with E-state index in [2.05, 4.69) is 52.0 Å². The standard InChI is InChI=1S/C21H27NOS2/c1-16(2)20(24-18-11-7-5-8-12-18)22(15-23)21(17(3)4)25-19-13-9-6-10-14-19/h5-17,20-21H,1-4H3. The second-order valence-corrected chi connectivity index (χ2v) is 9.06. The molecule has 2 rings (SSSR count). The fourth-order valence-corrected chi connectivity index (χ4v) is 5.04. The van der Waals surface area contributed by atoms with E-state index < -0.39 is 0 Å². The van der Waals surface area contributed by atoms with Crippen LogP contribution in [0.4, 0.5) is 0 Å². The molecule has 1 amide bonds. The van der Waals surface area contributed by atoms with E-state index in [1.54, 1.807) is 23.5 Å². The van der Waals surface area contributed by atoms with Gasteiger partial charge in [0.1, 0.15) is 0 Å². The number of carbonyl (C=O) groups excluding carboxylic acids is 1. The van der Waals surface area contributed by atoms with Gasteiger partial charge in [0.15, 0.2) is 0 Å². The summed E-state index contributed by atoms with van der Waals surface area (Å²) in [5.74, 6) is 0.709. The summed E-state index contributed by atoms with van der Waals surface area (Å²) in [5, 5.41) is 0.201. The maximum absolute atomic E-state index is 12.1. The molecule has 25 heavy (non-hydrogen) atoms. The second-order valence-electron chi connectivity index (χ2n) is 6.68. The monoisotopic (exact) mass is 373 g/mol. The molecule has 0 spiro atoms. The molecule has 2 nitrogen and oxygen atoms in total. The van der Waals surface area contributed by atoms with Crippen molar-refractivity contribution in [1.29, 1.82) is 0 Å². The van der Waals surface area contributed by atoms with Crippen LogP contribution >= 0.6 is 23.5 Å². The van der Waals surface area contributed by atoms with E-state index in [0.717, 1.165) is 6.41 Å². The molecular weight excluding hydrogens is 346 g/mol. The number of benzene rings is 2. The van der Waals surface area contributed by atoms with Crippen LogP contribution in [0.3, 0.4) is 0 Å². The van der Waals surface area contributed by atoms with Crippen LogP contribution in [0.5, 0.6) is 0 Å². The predicted molar refractivity (Wildman–Crippen MR) is 110 cm³/mol. The zero-order chi connectivity index (χ0) is 18.2. The number of nitrogens with zero attached hydrogens (tertiary/aromatic N) is 1. The van der Waals surface area contributed by atoms with Gasteiger partial charge in [0.25, 0.3) is 0 Å². The van der Waals surface area contributed by atoms with Crippen molar-refractivity contribution in [1.82, 2.24) is 4.90 Å². The molecule has 0 N–H and O–H groups in total. The molecule has 2 atom stereocenters. The van der Waals surface area contributed by atoms with Crippen molar-refractivity contribution < 1.29 is 4.79 Å². The van der Waals surface area contributed by atoms with Crippen LogP contribution in [0.2, 0.25) is 0 Å². The molecule has 2 aromatic rings. The number of hydrogen-bond donors (Lipinski definition) is 0. The van der Waals surface area contributed by atoms with Crippen LogP contribution in [0.25, 0.3) is 0 Å². The van der Waals surface area contributed by atoms with Crippen molar-refractivity contribution in [2.75, 3.05) is 0 Å². The summed E-state index contributed by atoms with van der Waals surface area (Å²) in [6.07, 6.45) is 1.03. The van der Waals surface area contributed by atoms with Crippen molar-refractivity contribution in [3.63, 3.8) is 0 Å². The Morgan fingerprint density at radius 3 is 1.36 bits per heavy atom. The lowest BCUT2D eigenvalue weighted by Crippen LogP contribution is -2.44. The minimum absolute atomic E-state index is 0.100. The van der Waals surface area contributed by atoms with E-state index in [4.69, 9.17) is 0 Å². The Kier molecular flexibility index (Phi) is 7.91. The van der Waals surface area contributed by atoms with Crippen molar-refractivity contribution in [3.8, 4) is 0 Å². The summed E-state index contributed by atoms with van der Waals surface area (Å²) in [7, 11) is 0. The average molecular weight is 374 g/mol. The summed E-state index contributed by atoms with van der Waals surface area (Å²) in [6, 6.07) is 20.7. The molecule has 2 unspecified atom stereocenters. The summed E-state index contributed by atoms with van der Waals surface area (Å²) in [4.78, 5) is 16.5. The van der Waals surface area contributed by atoms with E-state index in [1.807, 2.05) is 41.3 Å². The number of carbonyl (C=O) groups is 1. The molecule has 4 heteroatoms. The van der Waals surface area contributed by atoms with E-state index in [1.165, 1.54) is 9.79 Å². The first-order chi connectivity index (χ1) is 12.0. The van der Waals surface area contributed by atoms with Crippen molar-refractivity contribution in [3.05, 3.63) is 60.7 Å². The molecule has 0 aliphatic heterocycles. The first-order valence-corrected chi connectivity index (χ1v) is 10.4. The SMILES string of the molecule is CC(C)C(Sc1ccccc1)N(C=O)C(Sc1ccccc1)C(C)C. The number of amides is 1. The van der Waals surface area contributed by atoms with Gasteiger partial charge in [-0.3, -0.25) is 4.79 Å². The number of thioether (sulfide) groups is 2. The molecule has 0 saturated carbocycles. The maximum atomic E-state index is 12.1. The van der Waals surface area contributed by atoms with E-state index in [-0.39, 0.29) is 10.7 Å². The molecular formula is C21H27NOS2. The average Bonchev–Trinajstić information content (AvgIpc) is 2.62. The first kappa shape index (κ1) is 19.9. The molecule has 0 bridgehead atoms. The minimum Gasteiger partial charge on any atom is -0.320 e. The van der Waals surface area contributed by atoms with Crippen molar-refractivity contribution in [2.45, 2.75) is 48.2 Å². The highest BCUT2D eigenvalue weighted by molar-refractivity contribution is 8.00. The highest BCUT2D eigenvalue weighted by atomic mass is 32.2. The Bertz CT molecular complexity index is 577. The van der Waals surface area contributed by atoms with Crippen LogP contribution in [0, 0.1) is 11.8 Å². The van der Waals surface area contributed by atoms with Crippen LogP contribution in [0.1, 0.15) is 27.7 Å². The van der Waals surface area contributed by atoms with Gasteiger partial charge < -0.3 is 4.90 Å². The molecule has 0 aromatic heterocycles. The highest BCUT2D eigenvalue weighted by Gasteiger charge is 2.31. The third-order valence-corrected chi connectivity index (χ3v) is 7.00. The van der Waals surface area contributed by atoms with E-state index in [9.17, 15) is 4.79 Å². The van der Waals surface area contributed by atoms with E-state index in [0.29, 0.717) is 11.8 Å². The smallest absolute Gasteiger partial charge is 0.211 e. The van der Waals surface area contributed by atoms with Crippen LogP contribution in [-0.2, 0) is 4.79 Å². The van der Waals surface area contributed by atoms with Crippen molar-refractivity contribution >= 4 is 29.9 Å². The number of hydrogen-bond acceptors (Lipinski definition) is 3. The summed E-state index contributed by atoms with van der Waals surface area (Å²) in [6.45, 7) is 8.73. The minimum atomic E-state index is 0.100. The fourth-order valence-electron chi connectivity index (χ4n) is 2.62. The van der Waals surface area contributed by atoms with Gasteiger partial charge in [-0.05, 0) is 36.1 Å². The summed E-state index contributed by atoms with van der Waals surface area (Å²) >= 11 is 3.53. The van der Waals surface area contributed by atoms with Gasteiger partial charge >= 0.3 is 0 Å². The molecule has 0 aliphatic rings. The summed E-state index contributed by atoms with van der Waals surface area (Å²) in [5.41, 5.74) is 0. The van der Waals surface area contributed by atoms with Gasteiger partial charge in [0.05, 0.1) is 10.7 Å². The molecule has 0 aliphatic carbocycles. The Labute approximate surface area is 160 Å². The molecule has 134 valence electrons. The van der Waals surface area contributed by atoms with Crippen LogP contribution in [-0.4, -0.2) is 22.1 Å². The second kappa shape index (κ2) is 9.93.